The minimum absolute atomic E-state index is 0. The van der Waals surface area contributed by atoms with Gasteiger partial charge in [0.1, 0.15) is 12.0 Å². The van der Waals surface area contributed by atoms with E-state index < -0.39 is 0 Å². The number of ether oxygens (including phenoxy) is 1. The van der Waals surface area contributed by atoms with Crippen LogP contribution in [0, 0.1) is 0 Å². The van der Waals surface area contributed by atoms with Gasteiger partial charge in [0, 0.05) is 13.1 Å². The molecule has 1 aliphatic rings. The van der Waals surface area contributed by atoms with Crippen LogP contribution < -0.4 is 5.73 Å². The lowest BCUT2D eigenvalue weighted by atomic mass is 10.3. The van der Waals surface area contributed by atoms with Gasteiger partial charge in [-0.2, -0.15) is 0 Å². The van der Waals surface area contributed by atoms with Crippen molar-refractivity contribution in [2.75, 3.05) is 19.7 Å². The van der Waals surface area contributed by atoms with E-state index in [1.807, 2.05) is 29.3 Å². The summed E-state index contributed by atoms with van der Waals surface area (Å²) in [5.74, 6) is 1.17. The van der Waals surface area contributed by atoms with E-state index in [4.69, 9.17) is 14.9 Å². The Bertz CT molecular complexity index is 614. The zero-order valence-electron chi connectivity index (χ0n) is 12.3. The first-order chi connectivity index (χ1) is 10.2. The number of halogens is 1. The van der Waals surface area contributed by atoms with E-state index in [9.17, 15) is 0 Å². The van der Waals surface area contributed by atoms with E-state index >= 15 is 0 Å². The molecular weight excluding hydrogens is 415 g/mol. The zero-order chi connectivity index (χ0) is 14.7. The third-order valence-electron chi connectivity index (χ3n) is 3.25. The second kappa shape index (κ2) is 7.93. The van der Waals surface area contributed by atoms with Crippen molar-refractivity contribution >= 4 is 41.3 Å². The fraction of sp³-hybridized carbons (Fsp3) is 0.429. The Hall–Kier alpha value is -1.13. The lowest BCUT2D eigenvalue weighted by Crippen LogP contribution is -2.47. The summed E-state index contributed by atoms with van der Waals surface area (Å²) in [5.41, 5.74) is 6.80. The van der Waals surface area contributed by atoms with E-state index in [1.54, 1.807) is 17.6 Å². The average molecular weight is 434 g/mol. The van der Waals surface area contributed by atoms with E-state index in [-0.39, 0.29) is 30.1 Å². The van der Waals surface area contributed by atoms with Crippen molar-refractivity contribution in [2.45, 2.75) is 19.6 Å². The Morgan fingerprint density at radius 3 is 3.18 bits per heavy atom. The smallest absolute Gasteiger partial charge is 0.236 e. The lowest BCUT2D eigenvalue weighted by molar-refractivity contribution is 0.00528. The van der Waals surface area contributed by atoms with Crippen LogP contribution in [0.15, 0.2) is 33.2 Å². The van der Waals surface area contributed by atoms with Gasteiger partial charge in [-0.15, -0.1) is 35.3 Å². The summed E-state index contributed by atoms with van der Waals surface area (Å²) >= 11 is 1.60. The standard InChI is InChI=1S/C14H18N4O2S.HI/c1-10-8-18(4-5-19-10)14(15)16-7-11-9-20-13(17-11)12-3-2-6-21-12;/h2-3,6,9-10H,4-5,7-8H2,1H3,(H2,15,16);1H. The molecule has 1 atom stereocenters. The minimum atomic E-state index is 0. The lowest BCUT2D eigenvalue weighted by Gasteiger charge is -2.31. The molecule has 1 unspecified atom stereocenters. The second-order valence-corrected chi connectivity index (χ2v) is 5.87. The van der Waals surface area contributed by atoms with Gasteiger partial charge in [0.2, 0.25) is 5.89 Å². The number of nitrogens with two attached hydrogens (primary N) is 1. The van der Waals surface area contributed by atoms with Crippen molar-refractivity contribution in [2.24, 2.45) is 10.7 Å². The molecule has 6 nitrogen and oxygen atoms in total. The number of thiophene rings is 1. The normalized spacial score (nSPS) is 19.0. The number of rotatable bonds is 3. The summed E-state index contributed by atoms with van der Waals surface area (Å²) < 4.78 is 10.9. The summed E-state index contributed by atoms with van der Waals surface area (Å²) in [6.07, 6.45) is 1.82. The quantitative estimate of drug-likeness (QED) is 0.457. The Morgan fingerprint density at radius 1 is 1.59 bits per heavy atom. The van der Waals surface area contributed by atoms with E-state index in [2.05, 4.69) is 9.98 Å². The van der Waals surface area contributed by atoms with Gasteiger partial charge >= 0.3 is 0 Å². The average Bonchev–Trinajstić information content (AvgIpc) is 3.15. The number of oxazole rings is 1. The molecule has 0 aromatic carbocycles. The number of morpholine rings is 1. The molecule has 22 heavy (non-hydrogen) atoms. The van der Waals surface area contributed by atoms with Crippen LogP contribution in [0.2, 0.25) is 0 Å². The third-order valence-corrected chi connectivity index (χ3v) is 4.11. The van der Waals surface area contributed by atoms with E-state index in [0.29, 0.717) is 25.0 Å². The largest absolute Gasteiger partial charge is 0.443 e. The van der Waals surface area contributed by atoms with Crippen molar-refractivity contribution in [3.8, 4) is 10.8 Å². The fourth-order valence-corrected chi connectivity index (χ4v) is 2.84. The predicted molar refractivity (Wildman–Crippen MR) is 97.5 cm³/mol. The van der Waals surface area contributed by atoms with Crippen LogP contribution >= 0.6 is 35.3 Å². The van der Waals surface area contributed by atoms with Gasteiger partial charge in [-0.3, -0.25) is 0 Å². The number of aromatic nitrogens is 1. The third kappa shape index (κ3) is 4.20. The highest BCUT2D eigenvalue weighted by molar-refractivity contribution is 14.0. The molecule has 1 aliphatic heterocycles. The van der Waals surface area contributed by atoms with Crippen molar-refractivity contribution < 1.29 is 9.15 Å². The highest BCUT2D eigenvalue weighted by Gasteiger charge is 2.18. The molecule has 3 rings (SSSR count). The van der Waals surface area contributed by atoms with Crippen molar-refractivity contribution in [1.82, 2.24) is 9.88 Å². The highest BCUT2D eigenvalue weighted by atomic mass is 127. The first-order valence-electron chi connectivity index (χ1n) is 6.87. The number of hydrogen-bond acceptors (Lipinski definition) is 5. The summed E-state index contributed by atoms with van der Waals surface area (Å²) in [7, 11) is 0. The van der Waals surface area contributed by atoms with Gasteiger partial charge in [-0.05, 0) is 18.4 Å². The number of guanidine groups is 1. The maximum atomic E-state index is 6.02. The summed E-state index contributed by atoms with van der Waals surface area (Å²) in [5, 5.41) is 1.99. The molecule has 0 saturated carbocycles. The van der Waals surface area contributed by atoms with Gasteiger partial charge in [0.15, 0.2) is 5.96 Å². The van der Waals surface area contributed by atoms with Gasteiger partial charge in [0.05, 0.1) is 24.1 Å². The summed E-state index contributed by atoms with van der Waals surface area (Å²) in [6, 6.07) is 3.95. The maximum absolute atomic E-state index is 6.02. The Morgan fingerprint density at radius 2 is 2.45 bits per heavy atom. The van der Waals surface area contributed by atoms with E-state index in [0.717, 1.165) is 23.7 Å². The monoisotopic (exact) mass is 434 g/mol. The molecule has 0 radical (unpaired) electrons. The second-order valence-electron chi connectivity index (χ2n) is 4.92. The molecule has 120 valence electrons. The molecule has 0 spiro atoms. The number of hydrogen-bond donors (Lipinski definition) is 1. The molecule has 2 N–H and O–H groups in total. The van der Waals surface area contributed by atoms with Crippen LogP contribution in [0.1, 0.15) is 12.6 Å². The number of aliphatic imine (C=N–C) groups is 1. The SMILES string of the molecule is CC1CN(C(N)=NCc2coc(-c3cccs3)n2)CCO1.I. The van der Waals surface area contributed by atoms with Gasteiger partial charge in [0.25, 0.3) is 0 Å². The van der Waals surface area contributed by atoms with Gasteiger partial charge in [-0.1, -0.05) is 6.07 Å². The predicted octanol–water partition coefficient (Wildman–Crippen LogP) is 2.56. The van der Waals surface area contributed by atoms with Gasteiger partial charge < -0.3 is 19.8 Å². The molecule has 3 heterocycles. The summed E-state index contributed by atoms with van der Waals surface area (Å²) in [6.45, 7) is 4.69. The van der Waals surface area contributed by atoms with Crippen LogP contribution in [0.5, 0.6) is 0 Å². The number of nitrogens with zero attached hydrogens (tertiary/aromatic N) is 3. The van der Waals surface area contributed by atoms with Crippen LogP contribution in [-0.4, -0.2) is 41.6 Å². The van der Waals surface area contributed by atoms with Crippen molar-refractivity contribution in [1.29, 1.82) is 0 Å². The minimum Gasteiger partial charge on any atom is -0.443 e. The van der Waals surface area contributed by atoms with Crippen LogP contribution in [0.3, 0.4) is 0 Å². The molecule has 1 fully saturated rings. The zero-order valence-corrected chi connectivity index (χ0v) is 15.4. The van der Waals surface area contributed by atoms with Crippen molar-refractivity contribution in [3.05, 3.63) is 29.5 Å². The molecule has 0 aliphatic carbocycles. The fourth-order valence-electron chi connectivity index (χ4n) is 2.18. The first kappa shape index (κ1) is 17.2. The van der Waals surface area contributed by atoms with Gasteiger partial charge in [-0.25, -0.2) is 9.98 Å². The highest BCUT2D eigenvalue weighted by Crippen LogP contribution is 2.23. The molecule has 2 aromatic heterocycles. The maximum Gasteiger partial charge on any atom is 0.236 e. The molecule has 1 saturated heterocycles. The van der Waals surface area contributed by atoms with Crippen LogP contribution in [0.4, 0.5) is 0 Å². The van der Waals surface area contributed by atoms with Crippen molar-refractivity contribution in [3.63, 3.8) is 0 Å². The molecular formula is C14H19IN4O2S. The van der Waals surface area contributed by atoms with Crippen LogP contribution in [0.25, 0.3) is 10.8 Å². The Labute approximate surface area is 150 Å². The van der Waals surface area contributed by atoms with E-state index in [1.165, 1.54) is 0 Å². The molecule has 8 heteroatoms. The Kier molecular flexibility index (Phi) is 6.21. The van der Waals surface area contributed by atoms with Crippen LogP contribution in [-0.2, 0) is 11.3 Å². The topological polar surface area (TPSA) is 76.9 Å². The molecule has 2 aromatic rings. The molecule has 0 bridgehead atoms. The Balaban J connectivity index is 0.00000176. The first-order valence-corrected chi connectivity index (χ1v) is 7.75. The summed E-state index contributed by atoms with van der Waals surface area (Å²) in [4.78, 5) is 11.9. The molecule has 0 amide bonds.